The van der Waals surface area contributed by atoms with Crippen LogP contribution in [-0.2, 0) is 0 Å². The van der Waals surface area contributed by atoms with E-state index >= 15 is 0 Å². The van der Waals surface area contributed by atoms with Gasteiger partial charge in [-0.3, -0.25) is 4.79 Å². The second-order valence-corrected chi connectivity index (χ2v) is 7.86. The fourth-order valence-corrected chi connectivity index (χ4v) is 5.06. The van der Waals surface area contributed by atoms with Crippen molar-refractivity contribution < 1.29 is 4.79 Å². The molecule has 2 aromatic rings. The van der Waals surface area contributed by atoms with Gasteiger partial charge in [-0.15, -0.1) is 11.3 Å². The molecule has 124 valence electrons. The van der Waals surface area contributed by atoms with E-state index in [1.54, 1.807) is 4.90 Å². The third kappa shape index (κ3) is 2.28. The molecule has 2 aliphatic rings. The SMILES string of the molecule is Cc1ccsc1C1Nc2c(C(=O)N(C)C)cccc2C2C=CCC21. The molecule has 0 spiro atoms. The molecular weight excluding hydrogens is 316 g/mol. The van der Waals surface area contributed by atoms with Crippen LogP contribution in [0.4, 0.5) is 5.69 Å². The van der Waals surface area contributed by atoms with Crippen LogP contribution in [0.5, 0.6) is 0 Å². The van der Waals surface area contributed by atoms with Gasteiger partial charge in [-0.25, -0.2) is 0 Å². The Hall–Kier alpha value is -2.07. The number of carbonyl (C=O) groups is 1. The molecule has 1 aromatic heterocycles. The first-order valence-corrected chi connectivity index (χ1v) is 9.27. The Morgan fingerprint density at radius 3 is 2.83 bits per heavy atom. The van der Waals surface area contributed by atoms with Crippen molar-refractivity contribution >= 4 is 22.9 Å². The predicted molar refractivity (Wildman–Crippen MR) is 99.9 cm³/mol. The zero-order chi connectivity index (χ0) is 16.8. The quantitative estimate of drug-likeness (QED) is 0.813. The summed E-state index contributed by atoms with van der Waals surface area (Å²) in [6, 6.07) is 8.57. The van der Waals surface area contributed by atoms with Crippen molar-refractivity contribution in [2.45, 2.75) is 25.3 Å². The molecule has 1 aliphatic heterocycles. The van der Waals surface area contributed by atoms with E-state index < -0.39 is 0 Å². The fraction of sp³-hybridized carbons (Fsp3) is 0.350. The molecule has 3 nitrogen and oxygen atoms in total. The Balaban J connectivity index is 1.85. The summed E-state index contributed by atoms with van der Waals surface area (Å²) in [5, 5.41) is 5.90. The van der Waals surface area contributed by atoms with Crippen molar-refractivity contribution in [2.75, 3.05) is 19.4 Å². The number of fused-ring (bicyclic) bond motifs is 3. The number of benzene rings is 1. The van der Waals surface area contributed by atoms with Crippen molar-refractivity contribution in [3.05, 3.63) is 63.4 Å². The lowest BCUT2D eigenvalue weighted by Crippen LogP contribution is -2.31. The Morgan fingerprint density at radius 2 is 2.12 bits per heavy atom. The molecule has 1 aromatic carbocycles. The smallest absolute Gasteiger partial charge is 0.255 e. The first-order valence-electron chi connectivity index (χ1n) is 8.39. The van der Waals surface area contributed by atoms with Crippen LogP contribution >= 0.6 is 11.3 Å². The van der Waals surface area contributed by atoms with Crippen LogP contribution < -0.4 is 5.32 Å². The second-order valence-electron chi connectivity index (χ2n) is 6.91. The van der Waals surface area contributed by atoms with Crippen molar-refractivity contribution in [1.29, 1.82) is 0 Å². The Labute approximate surface area is 147 Å². The largest absolute Gasteiger partial charge is 0.376 e. The summed E-state index contributed by atoms with van der Waals surface area (Å²) < 4.78 is 0. The van der Waals surface area contributed by atoms with Crippen molar-refractivity contribution in [3.8, 4) is 0 Å². The maximum Gasteiger partial charge on any atom is 0.255 e. The average molecular weight is 338 g/mol. The van der Waals surface area contributed by atoms with E-state index in [4.69, 9.17) is 0 Å². The van der Waals surface area contributed by atoms with Gasteiger partial charge in [0.05, 0.1) is 17.3 Å². The lowest BCUT2D eigenvalue weighted by atomic mass is 9.77. The number of nitrogens with one attached hydrogen (secondary N) is 1. The van der Waals surface area contributed by atoms with Gasteiger partial charge in [-0.2, -0.15) is 0 Å². The molecule has 24 heavy (non-hydrogen) atoms. The van der Waals surface area contributed by atoms with Gasteiger partial charge in [0.15, 0.2) is 0 Å². The molecule has 0 fully saturated rings. The zero-order valence-electron chi connectivity index (χ0n) is 14.2. The van der Waals surface area contributed by atoms with E-state index in [-0.39, 0.29) is 11.9 Å². The number of anilines is 1. The zero-order valence-corrected chi connectivity index (χ0v) is 15.1. The van der Waals surface area contributed by atoms with Crippen molar-refractivity contribution in [3.63, 3.8) is 0 Å². The molecule has 1 N–H and O–H groups in total. The van der Waals surface area contributed by atoms with E-state index in [2.05, 4.69) is 41.9 Å². The van der Waals surface area contributed by atoms with Crippen LogP contribution in [0, 0.1) is 12.8 Å². The highest BCUT2D eigenvalue weighted by Crippen LogP contribution is 2.51. The molecule has 1 aliphatic carbocycles. The normalized spacial score (nSPS) is 24.2. The molecule has 4 heteroatoms. The summed E-state index contributed by atoms with van der Waals surface area (Å²) in [6.07, 6.45) is 5.71. The number of thiophene rings is 1. The summed E-state index contributed by atoms with van der Waals surface area (Å²) in [7, 11) is 3.62. The lowest BCUT2D eigenvalue weighted by Gasteiger charge is -2.38. The van der Waals surface area contributed by atoms with Gasteiger partial charge in [0, 0.05) is 24.9 Å². The third-order valence-electron chi connectivity index (χ3n) is 5.22. The molecule has 0 radical (unpaired) electrons. The number of hydrogen-bond donors (Lipinski definition) is 1. The van der Waals surface area contributed by atoms with Crippen LogP contribution in [0.2, 0.25) is 0 Å². The van der Waals surface area contributed by atoms with Gasteiger partial charge in [-0.1, -0.05) is 24.3 Å². The number of allylic oxidation sites excluding steroid dienone is 2. The summed E-state index contributed by atoms with van der Waals surface area (Å²) in [5.74, 6) is 0.976. The summed E-state index contributed by atoms with van der Waals surface area (Å²) in [6.45, 7) is 2.18. The van der Waals surface area contributed by atoms with E-state index in [1.807, 2.05) is 37.6 Å². The molecule has 0 saturated carbocycles. The molecular formula is C20H22N2OS. The predicted octanol–water partition coefficient (Wildman–Crippen LogP) is 4.58. The Morgan fingerprint density at radius 1 is 1.29 bits per heavy atom. The highest BCUT2D eigenvalue weighted by Gasteiger charge is 2.40. The van der Waals surface area contributed by atoms with E-state index in [1.165, 1.54) is 16.0 Å². The highest BCUT2D eigenvalue weighted by atomic mass is 32.1. The van der Waals surface area contributed by atoms with Gasteiger partial charge < -0.3 is 10.2 Å². The standard InChI is InChI=1S/C20H22N2OS/c1-12-10-11-24-19(12)18-15-8-4-6-13(15)14-7-5-9-16(17(14)21-18)20(23)22(2)3/h4-7,9-11,13,15,18,21H,8H2,1-3H3. The van der Waals surface area contributed by atoms with Crippen LogP contribution in [-0.4, -0.2) is 24.9 Å². The van der Waals surface area contributed by atoms with Crippen molar-refractivity contribution in [1.82, 2.24) is 4.90 Å². The Kier molecular flexibility index (Phi) is 3.72. The monoisotopic (exact) mass is 338 g/mol. The summed E-state index contributed by atoms with van der Waals surface area (Å²) in [5.41, 5.74) is 4.38. The van der Waals surface area contributed by atoms with Gasteiger partial charge in [-0.05, 0) is 47.9 Å². The molecule has 0 saturated heterocycles. The van der Waals surface area contributed by atoms with Gasteiger partial charge >= 0.3 is 0 Å². The third-order valence-corrected chi connectivity index (χ3v) is 6.32. The van der Waals surface area contributed by atoms with E-state index in [0.717, 1.165) is 17.7 Å². The Bertz CT molecular complexity index is 821. The number of aryl methyl sites for hydroxylation is 1. The summed E-state index contributed by atoms with van der Waals surface area (Å²) in [4.78, 5) is 15.7. The number of amides is 1. The van der Waals surface area contributed by atoms with Crippen LogP contribution in [0.1, 0.15) is 44.7 Å². The fourth-order valence-electron chi connectivity index (χ4n) is 4.00. The second kappa shape index (κ2) is 5.78. The van der Waals surface area contributed by atoms with Crippen LogP contribution in [0.15, 0.2) is 41.8 Å². The number of carbonyl (C=O) groups excluding carboxylic acids is 1. The number of nitrogens with zero attached hydrogens (tertiary/aromatic N) is 1. The van der Waals surface area contributed by atoms with Crippen LogP contribution in [0.25, 0.3) is 0 Å². The molecule has 3 unspecified atom stereocenters. The minimum absolute atomic E-state index is 0.0569. The van der Waals surface area contributed by atoms with E-state index in [9.17, 15) is 4.79 Å². The highest BCUT2D eigenvalue weighted by molar-refractivity contribution is 7.10. The van der Waals surface area contributed by atoms with Gasteiger partial charge in [0.2, 0.25) is 0 Å². The number of para-hydroxylation sites is 1. The minimum atomic E-state index is 0.0569. The lowest BCUT2D eigenvalue weighted by molar-refractivity contribution is 0.0828. The maximum absolute atomic E-state index is 12.6. The van der Waals surface area contributed by atoms with Gasteiger partial charge in [0.1, 0.15) is 0 Å². The first-order chi connectivity index (χ1) is 11.6. The number of hydrogen-bond acceptors (Lipinski definition) is 3. The van der Waals surface area contributed by atoms with Crippen molar-refractivity contribution in [2.24, 2.45) is 5.92 Å². The first kappa shape index (κ1) is 15.5. The average Bonchev–Trinajstić information content (AvgIpc) is 3.21. The molecule has 2 heterocycles. The minimum Gasteiger partial charge on any atom is -0.376 e. The molecule has 3 atom stereocenters. The van der Waals surface area contributed by atoms with E-state index in [0.29, 0.717) is 11.8 Å². The molecule has 0 bridgehead atoms. The topological polar surface area (TPSA) is 32.3 Å². The van der Waals surface area contributed by atoms with Crippen LogP contribution in [0.3, 0.4) is 0 Å². The summed E-state index contributed by atoms with van der Waals surface area (Å²) >= 11 is 1.81. The maximum atomic E-state index is 12.6. The molecule has 1 amide bonds. The number of rotatable bonds is 2. The molecule has 4 rings (SSSR count). The van der Waals surface area contributed by atoms with Gasteiger partial charge in [0.25, 0.3) is 5.91 Å².